The van der Waals surface area contributed by atoms with Crippen molar-refractivity contribution in [2.45, 2.75) is 44.9 Å². The van der Waals surface area contributed by atoms with Crippen LogP contribution in [0.25, 0.3) is 0 Å². The summed E-state index contributed by atoms with van der Waals surface area (Å²) in [6, 6.07) is -0.882. The average molecular weight is 318 g/mol. The number of amides is 1. The average Bonchev–Trinajstić information content (AvgIpc) is 3.23. The van der Waals surface area contributed by atoms with Crippen molar-refractivity contribution in [1.29, 1.82) is 0 Å². The van der Waals surface area contributed by atoms with Crippen LogP contribution < -0.4 is 10.6 Å². The third-order valence-electron chi connectivity index (χ3n) is 3.52. The van der Waals surface area contributed by atoms with Gasteiger partial charge in [0.1, 0.15) is 0 Å². The van der Waals surface area contributed by atoms with Gasteiger partial charge in [-0.05, 0) is 38.4 Å². The number of Topliss-reactive ketones (excluding diaryl/α,β-unsaturated/α-hetero) is 1. The normalized spacial score (nSPS) is 23.7. The molecule has 0 aromatic heterocycles. The number of hydrogen-bond acceptors (Lipinski definition) is 6. The molecule has 1 saturated heterocycles. The van der Waals surface area contributed by atoms with Crippen LogP contribution in [0.2, 0.25) is 0 Å². The van der Waals surface area contributed by atoms with Crippen molar-refractivity contribution >= 4 is 23.7 Å². The highest BCUT2D eigenvalue weighted by Gasteiger charge is 2.55. The first kappa shape index (κ1) is 18.4. The van der Waals surface area contributed by atoms with E-state index in [0.29, 0.717) is 18.9 Å². The Morgan fingerprint density at radius 3 is 2.43 bits per heavy atom. The van der Waals surface area contributed by atoms with E-state index in [2.05, 4.69) is 10.6 Å². The van der Waals surface area contributed by atoms with Crippen molar-refractivity contribution in [2.75, 3.05) is 26.5 Å². The molecule has 0 unspecified atom stereocenters. The minimum atomic E-state index is -0.876. The van der Waals surface area contributed by atoms with Crippen LogP contribution in [0.4, 0.5) is 0 Å². The lowest BCUT2D eigenvalue weighted by Gasteiger charge is -2.24. The summed E-state index contributed by atoms with van der Waals surface area (Å²) in [6.45, 7) is 6.38. The molecule has 0 spiro atoms. The summed E-state index contributed by atoms with van der Waals surface area (Å²) in [5.74, 6) is 0.0152. The SMILES string of the molecule is CN[C@@H](C)C(=O)N[C@@H](CC(C)C)C(=O)[C@@]1(COSC)CO1. The number of carbonyl (C=O) groups is 2. The van der Waals surface area contributed by atoms with E-state index < -0.39 is 11.6 Å². The zero-order valence-electron chi connectivity index (χ0n) is 13.4. The van der Waals surface area contributed by atoms with Crippen LogP contribution in [0.15, 0.2) is 0 Å². The van der Waals surface area contributed by atoms with E-state index in [-0.39, 0.29) is 24.3 Å². The maximum atomic E-state index is 12.7. The molecule has 21 heavy (non-hydrogen) atoms. The van der Waals surface area contributed by atoms with Crippen LogP contribution in [-0.4, -0.2) is 55.9 Å². The standard InChI is InChI=1S/C14H26N2O4S/c1-9(2)6-11(16-13(18)10(3)15-4)12(17)14(7-19-14)8-20-21-5/h9-11,15H,6-8H2,1-5H3,(H,16,18)/t10-,11-,14-/m0/s1. The van der Waals surface area contributed by atoms with Gasteiger partial charge < -0.3 is 19.6 Å². The molecule has 1 rings (SSSR count). The van der Waals surface area contributed by atoms with Crippen molar-refractivity contribution in [3.8, 4) is 0 Å². The van der Waals surface area contributed by atoms with Crippen molar-refractivity contribution in [3.63, 3.8) is 0 Å². The predicted molar refractivity (Wildman–Crippen MR) is 83.1 cm³/mol. The molecule has 1 heterocycles. The minimum absolute atomic E-state index is 0.0955. The van der Waals surface area contributed by atoms with Gasteiger partial charge >= 0.3 is 0 Å². The molecular weight excluding hydrogens is 292 g/mol. The monoisotopic (exact) mass is 318 g/mol. The number of nitrogens with one attached hydrogen (secondary N) is 2. The topological polar surface area (TPSA) is 80.0 Å². The number of ether oxygens (including phenoxy) is 1. The van der Waals surface area contributed by atoms with Gasteiger partial charge in [-0.3, -0.25) is 9.59 Å². The number of carbonyl (C=O) groups excluding carboxylic acids is 2. The molecule has 0 bridgehead atoms. The van der Waals surface area contributed by atoms with Gasteiger partial charge in [0.05, 0.1) is 25.3 Å². The third-order valence-corrected chi connectivity index (χ3v) is 3.87. The molecule has 1 aliphatic rings. The largest absolute Gasteiger partial charge is 0.359 e. The molecule has 122 valence electrons. The van der Waals surface area contributed by atoms with Gasteiger partial charge in [-0.1, -0.05) is 13.8 Å². The van der Waals surface area contributed by atoms with E-state index in [9.17, 15) is 9.59 Å². The zero-order valence-corrected chi connectivity index (χ0v) is 14.2. The number of epoxide rings is 1. The smallest absolute Gasteiger partial charge is 0.237 e. The lowest BCUT2D eigenvalue weighted by molar-refractivity contribution is -0.132. The molecule has 0 aromatic carbocycles. The Morgan fingerprint density at radius 1 is 1.38 bits per heavy atom. The van der Waals surface area contributed by atoms with E-state index in [4.69, 9.17) is 8.92 Å². The van der Waals surface area contributed by atoms with Gasteiger partial charge in [0, 0.05) is 6.26 Å². The first-order valence-corrected chi connectivity index (χ1v) is 8.32. The second-order valence-corrected chi connectivity index (χ2v) is 6.35. The number of rotatable bonds is 10. The van der Waals surface area contributed by atoms with Crippen molar-refractivity contribution < 1.29 is 18.5 Å². The highest BCUT2D eigenvalue weighted by Crippen LogP contribution is 2.32. The molecule has 2 N–H and O–H groups in total. The molecule has 0 aliphatic carbocycles. The molecule has 3 atom stereocenters. The summed E-state index contributed by atoms with van der Waals surface area (Å²) in [5, 5.41) is 5.70. The van der Waals surface area contributed by atoms with Crippen molar-refractivity contribution in [3.05, 3.63) is 0 Å². The van der Waals surface area contributed by atoms with Crippen LogP contribution in [0, 0.1) is 5.92 Å². The molecule has 0 radical (unpaired) electrons. The first-order chi connectivity index (χ1) is 9.86. The Morgan fingerprint density at radius 2 is 2.00 bits per heavy atom. The quantitative estimate of drug-likeness (QED) is 0.457. The second kappa shape index (κ2) is 8.12. The molecular formula is C14H26N2O4S. The maximum Gasteiger partial charge on any atom is 0.237 e. The minimum Gasteiger partial charge on any atom is -0.359 e. The molecule has 1 aliphatic heterocycles. The highest BCUT2D eigenvalue weighted by molar-refractivity contribution is 7.93. The van der Waals surface area contributed by atoms with Crippen LogP contribution in [0.1, 0.15) is 27.2 Å². The summed E-state index contributed by atoms with van der Waals surface area (Å²) in [4.78, 5) is 24.7. The Bertz CT molecular complexity index is 372. The number of ketones is 1. The summed E-state index contributed by atoms with van der Waals surface area (Å²) in [5.41, 5.74) is -0.876. The van der Waals surface area contributed by atoms with Gasteiger partial charge in [-0.25, -0.2) is 0 Å². The Labute approximate surface area is 130 Å². The number of hydrogen-bond donors (Lipinski definition) is 2. The van der Waals surface area contributed by atoms with Crippen LogP contribution in [0.5, 0.6) is 0 Å². The molecule has 6 nitrogen and oxygen atoms in total. The van der Waals surface area contributed by atoms with Crippen molar-refractivity contribution in [1.82, 2.24) is 10.6 Å². The summed E-state index contributed by atoms with van der Waals surface area (Å²) < 4.78 is 10.6. The van der Waals surface area contributed by atoms with Gasteiger partial charge in [0.25, 0.3) is 0 Å². The van der Waals surface area contributed by atoms with Crippen molar-refractivity contribution in [2.24, 2.45) is 5.92 Å². The molecule has 0 aromatic rings. The zero-order chi connectivity index (χ0) is 16.0. The Balaban J connectivity index is 2.73. The Kier molecular flexibility index (Phi) is 7.12. The van der Waals surface area contributed by atoms with Gasteiger partial charge in [0.2, 0.25) is 5.91 Å². The van der Waals surface area contributed by atoms with Crippen LogP contribution in [0.3, 0.4) is 0 Å². The number of likely N-dealkylation sites (N-methyl/N-ethyl adjacent to an activating group) is 1. The summed E-state index contributed by atoms with van der Waals surface area (Å²) in [6.07, 6.45) is 2.38. The lowest BCUT2D eigenvalue weighted by Crippen LogP contribution is -2.52. The third kappa shape index (κ3) is 5.25. The molecule has 7 heteroatoms. The predicted octanol–water partition coefficient (Wildman–Crippen LogP) is 0.758. The van der Waals surface area contributed by atoms with E-state index in [1.54, 1.807) is 20.2 Å². The highest BCUT2D eigenvalue weighted by atomic mass is 32.2. The van der Waals surface area contributed by atoms with Gasteiger partial charge in [-0.15, -0.1) is 0 Å². The molecule has 0 saturated carbocycles. The lowest BCUT2D eigenvalue weighted by atomic mass is 9.92. The van der Waals surface area contributed by atoms with E-state index in [1.807, 2.05) is 13.8 Å². The fourth-order valence-electron chi connectivity index (χ4n) is 1.99. The van der Waals surface area contributed by atoms with Gasteiger partial charge in [0.15, 0.2) is 11.4 Å². The van der Waals surface area contributed by atoms with Crippen LogP contribution >= 0.6 is 12.0 Å². The molecule has 1 fully saturated rings. The Hall–Kier alpha value is -0.630. The fraction of sp³-hybridized carbons (Fsp3) is 0.857. The fourth-order valence-corrected chi connectivity index (χ4v) is 2.29. The molecule has 1 amide bonds. The first-order valence-electron chi connectivity index (χ1n) is 7.17. The van der Waals surface area contributed by atoms with E-state index in [1.165, 1.54) is 12.0 Å². The second-order valence-electron chi connectivity index (χ2n) is 5.78. The summed E-state index contributed by atoms with van der Waals surface area (Å²) in [7, 11) is 1.71. The maximum absolute atomic E-state index is 12.7. The van der Waals surface area contributed by atoms with E-state index >= 15 is 0 Å². The van der Waals surface area contributed by atoms with E-state index in [0.717, 1.165) is 0 Å². The van der Waals surface area contributed by atoms with Gasteiger partial charge in [-0.2, -0.15) is 0 Å². The van der Waals surface area contributed by atoms with Crippen LogP contribution in [-0.2, 0) is 18.5 Å². The summed E-state index contributed by atoms with van der Waals surface area (Å²) >= 11 is 1.20.